The number of aromatic nitrogens is 12. The van der Waals surface area contributed by atoms with Crippen LogP contribution in [0.15, 0.2) is 478 Å². The average Bonchev–Trinajstić information content (AvgIpc) is 1.56. The molecule has 13 nitrogen and oxygen atoms in total. The van der Waals surface area contributed by atoms with Gasteiger partial charge in [0.05, 0.1) is 82.7 Å². The molecule has 0 saturated heterocycles. The van der Waals surface area contributed by atoms with Gasteiger partial charge in [-0.3, -0.25) is 13.7 Å². The van der Waals surface area contributed by atoms with Crippen LogP contribution < -0.4 is 0 Å². The molecule has 0 atom stereocenters. The van der Waals surface area contributed by atoms with E-state index in [-0.39, 0.29) is 5.41 Å². The van der Waals surface area contributed by atoms with Crippen molar-refractivity contribution in [1.29, 1.82) is 0 Å². The summed E-state index contributed by atoms with van der Waals surface area (Å²) in [6, 6.07) is 169. The van der Waals surface area contributed by atoms with Gasteiger partial charge in [-0.15, -0.1) is 11.3 Å². The molecule has 0 spiro atoms. The first-order valence-corrected chi connectivity index (χ1v) is 51.4. The monoisotopic (exact) mass is 1920 g/mol. The molecule has 0 N–H and O–H groups in total. The summed E-state index contributed by atoms with van der Waals surface area (Å²) < 4.78 is 21.8. The summed E-state index contributed by atoms with van der Waals surface area (Å²) in [5.74, 6) is 4.69. The maximum atomic E-state index is 6.50. The second-order valence-corrected chi connectivity index (χ2v) is 40.6. The Morgan fingerprint density at radius 3 is 1.03 bits per heavy atom. The molecule has 0 saturated carbocycles. The highest BCUT2D eigenvalue weighted by atomic mass is 32.1. The molecule has 1 aliphatic rings. The molecule has 696 valence electrons. The van der Waals surface area contributed by atoms with E-state index in [0.717, 1.165) is 161 Å². The molecule has 14 heteroatoms. The van der Waals surface area contributed by atoms with Crippen LogP contribution in [0, 0.1) is 0 Å². The number of furan rings is 1. The average molecular weight is 1920 g/mol. The molecule has 11 heterocycles. The first kappa shape index (κ1) is 84.0. The molecule has 33 rings (SSSR count). The molecular weight excluding hydrogens is 1840 g/mol. The number of hydrogen-bond donors (Lipinski definition) is 0. The normalized spacial score (nSPS) is 12.6. The van der Waals surface area contributed by atoms with E-state index in [9.17, 15) is 0 Å². The zero-order valence-corrected chi connectivity index (χ0v) is 81.5. The van der Waals surface area contributed by atoms with E-state index in [1.54, 1.807) is 11.3 Å². The van der Waals surface area contributed by atoms with Crippen LogP contribution in [-0.4, -0.2) is 57.3 Å². The van der Waals surface area contributed by atoms with Gasteiger partial charge in [-0.2, -0.15) is 4.98 Å². The van der Waals surface area contributed by atoms with Crippen LogP contribution in [0.3, 0.4) is 0 Å². The summed E-state index contributed by atoms with van der Waals surface area (Å²) in [6.07, 6.45) is 0. The minimum Gasteiger partial charge on any atom is -0.437 e. The van der Waals surface area contributed by atoms with Crippen molar-refractivity contribution in [3.05, 3.63) is 484 Å². The van der Waals surface area contributed by atoms with Crippen LogP contribution in [0.4, 0.5) is 0 Å². The van der Waals surface area contributed by atoms with Gasteiger partial charge in [0, 0.05) is 125 Å². The fourth-order valence-electron chi connectivity index (χ4n) is 24.2. The highest BCUT2D eigenvalue weighted by molar-refractivity contribution is 7.25. The van der Waals surface area contributed by atoms with Crippen molar-refractivity contribution >= 4 is 217 Å². The predicted molar refractivity (Wildman–Crippen MR) is 619 cm³/mol. The van der Waals surface area contributed by atoms with E-state index in [2.05, 4.69) is 496 Å². The lowest BCUT2D eigenvalue weighted by molar-refractivity contribution is 0.635. The lowest BCUT2D eigenvalue weighted by Gasteiger charge is -2.21. The minimum absolute atomic E-state index is 0.313. The first-order chi connectivity index (χ1) is 73.7. The Morgan fingerprint density at radius 1 is 0.221 bits per heavy atom. The summed E-state index contributed by atoms with van der Waals surface area (Å²) in [6.45, 7) is 4.60. The summed E-state index contributed by atoms with van der Waals surface area (Å²) in [4.78, 5) is 33.5. The molecule has 149 heavy (non-hydrogen) atoms. The van der Waals surface area contributed by atoms with Crippen molar-refractivity contribution in [1.82, 2.24) is 57.3 Å². The Kier molecular flexibility index (Phi) is 18.5. The topological polar surface area (TPSA) is 120 Å². The third-order valence-corrected chi connectivity index (χ3v) is 31.9. The van der Waals surface area contributed by atoms with Gasteiger partial charge in [0.2, 0.25) is 5.71 Å². The van der Waals surface area contributed by atoms with Crippen LogP contribution >= 0.6 is 11.3 Å². The predicted octanol–water partition coefficient (Wildman–Crippen LogP) is 35.0. The van der Waals surface area contributed by atoms with Crippen LogP contribution in [0.5, 0.6) is 0 Å². The number of rotatable bonds is 9. The van der Waals surface area contributed by atoms with Gasteiger partial charge in [0.25, 0.3) is 0 Å². The van der Waals surface area contributed by atoms with E-state index in [1.165, 1.54) is 124 Å². The van der Waals surface area contributed by atoms with Gasteiger partial charge in [0.15, 0.2) is 29.1 Å². The summed E-state index contributed by atoms with van der Waals surface area (Å²) in [7, 11) is 0. The van der Waals surface area contributed by atoms with E-state index in [0.29, 0.717) is 11.5 Å². The van der Waals surface area contributed by atoms with Crippen LogP contribution in [0.1, 0.15) is 25.1 Å². The maximum absolute atomic E-state index is 6.50. The van der Waals surface area contributed by atoms with E-state index < -0.39 is 0 Å². The van der Waals surface area contributed by atoms with Gasteiger partial charge in [-0.1, -0.05) is 323 Å². The zero-order chi connectivity index (χ0) is 98.0. The minimum atomic E-state index is -0.313. The molecule has 0 unspecified atom stereocenters. The largest absolute Gasteiger partial charge is 0.437 e. The number of benzene rings is 21. The quantitative estimate of drug-likeness (QED) is 0.141. The number of fused-ring (bicyclic) bond motifs is 30. The molecule has 0 radical (unpaired) electrons. The maximum Gasteiger partial charge on any atom is 0.233 e. The fourth-order valence-corrected chi connectivity index (χ4v) is 25.2. The number of thiophene rings is 1. The second-order valence-electron chi connectivity index (χ2n) is 39.5. The van der Waals surface area contributed by atoms with Crippen molar-refractivity contribution in [3.8, 4) is 79.8 Å². The second kappa shape index (κ2) is 32.7. The Morgan fingerprint density at radius 2 is 0.544 bits per heavy atom. The molecule has 1 aliphatic carbocycles. The van der Waals surface area contributed by atoms with E-state index in [4.69, 9.17) is 34.3 Å². The fraction of sp³-hybridized carbons (Fsp3) is 0.0222. The lowest BCUT2D eigenvalue weighted by atomic mass is 9.85. The number of hydrogen-bond acceptors (Lipinski definition) is 8. The van der Waals surface area contributed by atoms with E-state index >= 15 is 0 Å². The van der Waals surface area contributed by atoms with Gasteiger partial charge in [-0.05, 0) is 207 Å². The van der Waals surface area contributed by atoms with Gasteiger partial charge in [0.1, 0.15) is 16.2 Å². The Bertz CT molecular complexity index is 10900. The van der Waals surface area contributed by atoms with Crippen LogP contribution in [-0.2, 0) is 5.41 Å². The smallest absolute Gasteiger partial charge is 0.233 e. The third-order valence-electron chi connectivity index (χ3n) is 30.9. The SMILES string of the molecule is CC1(C)c2ccccc2-c2c(-n3c4ccccc4c4cc5ccccc5cc43)nc(-c3ccc4c5ccccc5n(-c5ccccc5)c4c3)nc21.c1ccc(-n2c3ccccc3c3cc(-c4nc(-n5c6ccccc6c6cc7ccccc7cc65)c5c(n4)oc4ccccc45)ccc32)cc1.c1ccc(-n2c3ccccc3c3cc(-c4nc(-n5c6ccccc6c6cc7ccccc7cc65)c5c(n4)sc4ccccc45)ccc32)cc1. The zero-order valence-electron chi connectivity index (χ0n) is 80.7. The van der Waals surface area contributed by atoms with Crippen molar-refractivity contribution < 1.29 is 4.42 Å². The van der Waals surface area contributed by atoms with Crippen molar-refractivity contribution in [3.63, 3.8) is 0 Å². The third kappa shape index (κ3) is 12.9. The summed E-state index contributed by atoms with van der Waals surface area (Å²) in [5.41, 5.74) is 25.7. The van der Waals surface area contributed by atoms with Gasteiger partial charge < -0.3 is 18.1 Å². The van der Waals surface area contributed by atoms with Gasteiger partial charge in [-0.25, -0.2) is 24.9 Å². The Balaban J connectivity index is 0.000000101. The molecular formula is C135H84N12OS. The number of para-hydroxylation sites is 10. The van der Waals surface area contributed by atoms with Crippen molar-refractivity contribution in [2.45, 2.75) is 19.3 Å². The Labute approximate surface area is 855 Å². The van der Waals surface area contributed by atoms with Crippen LogP contribution in [0.25, 0.3) is 285 Å². The highest BCUT2D eigenvalue weighted by Gasteiger charge is 2.41. The highest BCUT2D eigenvalue weighted by Crippen LogP contribution is 2.54. The first-order valence-electron chi connectivity index (χ1n) is 50.6. The number of nitrogens with zero attached hydrogens (tertiary/aromatic N) is 12. The molecule has 0 bridgehead atoms. The van der Waals surface area contributed by atoms with E-state index in [1.807, 2.05) is 18.2 Å². The molecule has 11 aromatic heterocycles. The van der Waals surface area contributed by atoms with Crippen molar-refractivity contribution in [2.24, 2.45) is 0 Å². The Hall–Kier alpha value is -19.5. The van der Waals surface area contributed by atoms with Gasteiger partial charge >= 0.3 is 0 Å². The molecule has 32 aromatic rings. The molecule has 0 aliphatic heterocycles. The van der Waals surface area contributed by atoms with Crippen molar-refractivity contribution in [2.75, 3.05) is 0 Å². The lowest BCUT2D eigenvalue weighted by Crippen LogP contribution is -2.18. The van der Waals surface area contributed by atoms with Crippen LogP contribution in [0.2, 0.25) is 0 Å². The molecule has 0 amide bonds. The summed E-state index contributed by atoms with van der Waals surface area (Å²) >= 11 is 1.73. The summed E-state index contributed by atoms with van der Waals surface area (Å²) in [5, 5.41) is 25.8. The molecule has 0 fully saturated rings. The standard InChI is InChI=1S/C47H32N4.C44H26N4O.C44H26N4S/c1-47(2)38-21-11-8-20-36(38)43-44(47)48-45(31-24-25-35-33-18-9-12-22-39(33)50(41(35)28-31)32-16-4-3-5-17-32)49-46(43)51-40-23-13-10-19-34(40)37-26-29-14-6-7-15-30(29)27-42(37)51;2*1-2-14-30(15-3-1)47-36-19-9-6-16-31(36)34-25-29(22-23-38(34)47)42-45-43(41-33-18-8-11-21-40(33)49-44(41)46-42)48-37-20-10-7-17-32(37)35-24-27-12-4-5-13-28(27)26-39(35)48/h3-28H,1-2H3;2*1-26H. The molecule has 21 aromatic carbocycles.